The Bertz CT molecular complexity index is 1290. The molecule has 3 aromatic heterocycles. The smallest absolute Gasteiger partial charge is 0.280 e. The zero-order chi connectivity index (χ0) is 23.0. The van der Waals surface area contributed by atoms with Crippen molar-refractivity contribution in [2.45, 2.75) is 33.7 Å². The van der Waals surface area contributed by atoms with E-state index in [0.717, 1.165) is 10.2 Å². The lowest BCUT2D eigenvalue weighted by Crippen LogP contribution is -2.14. The summed E-state index contributed by atoms with van der Waals surface area (Å²) in [5.41, 5.74) is 2.73. The van der Waals surface area contributed by atoms with Crippen LogP contribution in [0.4, 0.5) is 14.5 Å². The van der Waals surface area contributed by atoms with Gasteiger partial charge in [0.2, 0.25) is 0 Å². The predicted molar refractivity (Wildman–Crippen MR) is 115 cm³/mol. The first-order chi connectivity index (χ1) is 15.3. The summed E-state index contributed by atoms with van der Waals surface area (Å²) in [5, 5.41) is 11.2. The van der Waals surface area contributed by atoms with E-state index >= 15 is 0 Å². The number of fused-ring (bicyclic) bond motifs is 1. The van der Waals surface area contributed by atoms with Gasteiger partial charge in [0.15, 0.2) is 5.65 Å². The van der Waals surface area contributed by atoms with E-state index in [0.29, 0.717) is 34.9 Å². The molecule has 1 amide bonds. The van der Waals surface area contributed by atoms with E-state index in [9.17, 15) is 13.6 Å². The third-order valence-electron chi connectivity index (χ3n) is 5.27. The van der Waals surface area contributed by atoms with Gasteiger partial charge in [-0.3, -0.25) is 9.48 Å². The van der Waals surface area contributed by atoms with E-state index in [1.165, 1.54) is 12.3 Å². The molecule has 0 fully saturated rings. The van der Waals surface area contributed by atoms with Crippen LogP contribution >= 0.6 is 0 Å². The van der Waals surface area contributed by atoms with Crippen LogP contribution in [0.15, 0.2) is 36.5 Å². The molecule has 8 nitrogen and oxygen atoms in total. The van der Waals surface area contributed by atoms with Crippen LogP contribution in [0, 0.1) is 13.8 Å². The summed E-state index contributed by atoms with van der Waals surface area (Å²) in [7, 11) is 1.54. The Balaban J connectivity index is 1.79. The Morgan fingerprint density at radius 3 is 2.53 bits per heavy atom. The maximum Gasteiger partial charge on any atom is 0.280 e. The molecule has 0 aliphatic rings. The van der Waals surface area contributed by atoms with Gasteiger partial charge in [0.05, 0.1) is 36.1 Å². The van der Waals surface area contributed by atoms with Crippen LogP contribution in [0.1, 0.15) is 40.8 Å². The van der Waals surface area contributed by atoms with Gasteiger partial charge in [-0.1, -0.05) is 0 Å². The lowest BCUT2D eigenvalue weighted by molar-refractivity contribution is 0.102. The molecular weight excluding hydrogens is 418 g/mol. The van der Waals surface area contributed by atoms with Gasteiger partial charge in [-0.2, -0.15) is 10.2 Å². The first-order valence-electron chi connectivity index (χ1n) is 10.0. The number of amides is 1. The van der Waals surface area contributed by atoms with E-state index in [-0.39, 0.29) is 16.9 Å². The van der Waals surface area contributed by atoms with Crippen LogP contribution in [0.5, 0.6) is 5.75 Å². The molecule has 0 bridgehead atoms. The minimum absolute atomic E-state index is 0.0457. The number of halogens is 2. The Morgan fingerprint density at radius 2 is 1.94 bits per heavy atom. The number of nitrogens with zero attached hydrogens (tertiary/aromatic N) is 5. The molecule has 0 aliphatic carbocycles. The molecule has 3 heterocycles. The van der Waals surface area contributed by atoms with Crippen molar-refractivity contribution in [2.24, 2.45) is 0 Å². The highest BCUT2D eigenvalue weighted by Crippen LogP contribution is 2.28. The fourth-order valence-corrected chi connectivity index (χ4v) is 3.58. The Morgan fingerprint density at radius 1 is 1.22 bits per heavy atom. The quantitative estimate of drug-likeness (QED) is 0.479. The number of aromatic nitrogens is 5. The minimum atomic E-state index is -2.81. The number of rotatable bonds is 6. The highest BCUT2D eigenvalue weighted by molar-refractivity contribution is 6.08. The van der Waals surface area contributed by atoms with Crippen LogP contribution in [0.25, 0.3) is 16.9 Å². The second kappa shape index (κ2) is 8.37. The second-order valence-corrected chi connectivity index (χ2v) is 7.20. The third-order valence-corrected chi connectivity index (χ3v) is 5.27. The lowest BCUT2D eigenvalue weighted by Gasteiger charge is -2.09. The number of hydrogen-bond donors (Lipinski definition) is 1. The summed E-state index contributed by atoms with van der Waals surface area (Å²) in [6, 6.07) is 8.13. The summed E-state index contributed by atoms with van der Waals surface area (Å²) in [5.74, 6) is 0.133. The number of hydrogen-bond acceptors (Lipinski definition) is 5. The summed E-state index contributed by atoms with van der Waals surface area (Å²) in [6.45, 7) is 6.25. The predicted octanol–water partition coefficient (Wildman–Crippen LogP) is 4.43. The molecule has 0 unspecified atom stereocenters. The van der Waals surface area contributed by atoms with Crippen molar-refractivity contribution in [3.8, 4) is 17.0 Å². The maximum absolute atomic E-state index is 13.8. The van der Waals surface area contributed by atoms with Gasteiger partial charge in [0.1, 0.15) is 17.0 Å². The molecule has 166 valence electrons. The molecule has 32 heavy (non-hydrogen) atoms. The van der Waals surface area contributed by atoms with Crippen LogP contribution in [0.3, 0.4) is 0 Å². The summed E-state index contributed by atoms with van der Waals surface area (Å²) < 4.78 is 35.5. The standard InChI is InChI=1S/C22H22F2N6O2/c1-5-29-13(3)19(12(2)28-29)27-22(31)16-11-25-30-18(20(23)24)10-17(26-21(16)30)14-6-8-15(32-4)9-7-14/h6-11,20H,5H2,1-4H3,(H,27,31). The number of ether oxygens (including phenoxy) is 1. The SMILES string of the molecule is CCn1nc(C)c(NC(=O)c2cnn3c(C(F)F)cc(-c4ccc(OC)cc4)nc23)c1C. The number of carbonyl (C=O) groups excluding carboxylic acids is 1. The van der Waals surface area contributed by atoms with Crippen molar-refractivity contribution < 1.29 is 18.3 Å². The summed E-state index contributed by atoms with van der Waals surface area (Å²) in [6.07, 6.45) is -1.56. The fraction of sp³-hybridized carbons (Fsp3) is 0.273. The first-order valence-corrected chi connectivity index (χ1v) is 10.0. The molecule has 1 aromatic carbocycles. The van der Waals surface area contributed by atoms with Crippen LogP contribution in [-0.4, -0.2) is 37.4 Å². The van der Waals surface area contributed by atoms with Crippen LogP contribution < -0.4 is 10.1 Å². The van der Waals surface area contributed by atoms with Crippen molar-refractivity contribution in [3.63, 3.8) is 0 Å². The molecule has 1 N–H and O–H groups in total. The van der Waals surface area contributed by atoms with Crippen molar-refractivity contribution in [1.82, 2.24) is 24.4 Å². The lowest BCUT2D eigenvalue weighted by atomic mass is 10.1. The van der Waals surface area contributed by atoms with Gasteiger partial charge in [-0.15, -0.1) is 0 Å². The number of carbonyl (C=O) groups is 1. The fourth-order valence-electron chi connectivity index (χ4n) is 3.58. The topological polar surface area (TPSA) is 86.3 Å². The average molecular weight is 440 g/mol. The van der Waals surface area contributed by atoms with Gasteiger partial charge in [-0.05, 0) is 51.1 Å². The summed E-state index contributed by atoms with van der Waals surface area (Å²) in [4.78, 5) is 17.5. The summed E-state index contributed by atoms with van der Waals surface area (Å²) >= 11 is 0. The third kappa shape index (κ3) is 3.68. The molecule has 0 radical (unpaired) electrons. The molecular formula is C22H22F2N6O2. The zero-order valence-electron chi connectivity index (χ0n) is 18.1. The first kappa shape index (κ1) is 21.4. The van der Waals surface area contributed by atoms with E-state index < -0.39 is 12.3 Å². The van der Waals surface area contributed by atoms with Crippen LogP contribution in [0.2, 0.25) is 0 Å². The monoisotopic (exact) mass is 440 g/mol. The van der Waals surface area contributed by atoms with Crippen molar-refractivity contribution in [3.05, 3.63) is 59.2 Å². The number of aryl methyl sites for hydroxylation is 2. The second-order valence-electron chi connectivity index (χ2n) is 7.20. The Hall–Kier alpha value is -3.82. The normalized spacial score (nSPS) is 11.3. The Labute approximate surface area is 182 Å². The largest absolute Gasteiger partial charge is 0.497 e. The highest BCUT2D eigenvalue weighted by Gasteiger charge is 2.23. The number of anilines is 1. The number of benzene rings is 1. The van der Waals surface area contributed by atoms with Crippen LogP contribution in [-0.2, 0) is 6.54 Å². The molecule has 0 saturated carbocycles. The van der Waals surface area contributed by atoms with Crippen molar-refractivity contribution in [2.75, 3.05) is 12.4 Å². The van der Waals surface area contributed by atoms with Gasteiger partial charge in [-0.25, -0.2) is 18.3 Å². The molecule has 0 spiro atoms. The molecule has 4 aromatic rings. The number of methoxy groups -OCH3 is 1. The molecule has 4 rings (SSSR count). The van der Waals surface area contributed by atoms with E-state index in [2.05, 4.69) is 20.5 Å². The molecule has 0 atom stereocenters. The molecule has 0 saturated heterocycles. The molecule has 0 aliphatic heterocycles. The van der Waals surface area contributed by atoms with Gasteiger partial charge in [0, 0.05) is 12.1 Å². The van der Waals surface area contributed by atoms with Crippen molar-refractivity contribution >= 4 is 17.2 Å². The van der Waals surface area contributed by atoms with Gasteiger partial charge in [0.25, 0.3) is 12.3 Å². The van der Waals surface area contributed by atoms with E-state index in [1.54, 1.807) is 43.0 Å². The van der Waals surface area contributed by atoms with Gasteiger partial charge >= 0.3 is 0 Å². The van der Waals surface area contributed by atoms with Gasteiger partial charge < -0.3 is 10.1 Å². The minimum Gasteiger partial charge on any atom is -0.497 e. The maximum atomic E-state index is 13.8. The number of nitrogens with one attached hydrogen (secondary N) is 1. The number of alkyl halides is 2. The van der Waals surface area contributed by atoms with Crippen molar-refractivity contribution in [1.29, 1.82) is 0 Å². The average Bonchev–Trinajstić information content (AvgIpc) is 3.34. The van der Waals surface area contributed by atoms with E-state index in [1.807, 2.05) is 13.8 Å². The zero-order valence-corrected chi connectivity index (χ0v) is 18.1. The highest BCUT2D eigenvalue weighted by atomic mass is 19.3. The van der Waals surface area contributed by atoms with E-state index in [4.69, 9.17) is 4.74 Å². The Kier molecular flexibility index (Phi) is 5.60. The molecule has 10 heteroatoms.